The average molecular weight is 182 g/mol. The Morgan fingerprint density at radius 1 is 1.38 bits per heavy atom. The lowest BCUT2D eigenvalue weighted by molar-refractivity contribution is 0.536. The molecule has 0 fully saturated rings. The number of unbranched alkanes of at least 4 members (excludes halogenated alkanes) is 3. The number of rotatable bonds is 6. The zero-order chi connectivity index (χ0) is 9.52. The highest BCUT2D eigenvalue weighted by Crippen LogP contribution is 2.00. The van der Waals surface area contributed by atoms with Crippen LogP contribution in [0.4, 0.5) is 0 Å². The van der Waals surface area contributed by atoms with Gasteiger partial charge in [-0.25, -0.2) is 4.98 Å². The van der Waals surface area contributed by atoms with Gasteiger partial charge in [0.05, 0.1) is 6.54 Å². The molecular weight excluding hydrogens is 164 g/mol. The van der Waals surface area contributed by atoms with Crippen LogP contribution in [-0.4, -0.2) is 14.8 Å². The van der Waals surface area contributed by atoms with Crippen LogP contribution in [0.2, 0.25) is 0 Å². The van der Waals surface area contributed by atoms with Gasteiger partial charge in [0.15, 0.2) is 5.82 Å². The molecule has 0 atom stereocenters. The van der Waals surface area contributed by atoms with E-state index >= 15 is 0 Å². The summed E-state index contributed by atoms with van der Waals surface area (Å²) in [6.07, 6.45) is 6.79. The second kappa shape index (κ2) is 5.70. The molecule has 0 aromatic carbocycles. The van der Waals surface area contributed by atoms with Crippen LogP contribution in [0.15, 0.2) is 6.33 Å². The third-order valence-electron chi connectivity index (χ3n) is 2.01. The maximum atomic E-state index is 5.40. The Hall–Kier alpha value is -0.900. The quantitative estimate of drug-likeness (QED) is 0.675. The van der Waals surface area contributed by atoms with Gasteiger partial charge in [-0.15, -0.1) is 0 Å². The van der Waals surface area contributed by atoms with Crippen LogP contribution in [0.3, 0.4) is 0 Å². The van der Waals surface area contributed by atoms with Gasteiger partial charge in [0.2, 0.25) is 0 Å². The van der Waals surface area contributed by atoms with E-state index in [4.69, 9.17) is 5.73 Å². The van der Waals surface area contributed by atoms with Crippen molar-refractivity contribution in [2.75, 3.05) is 0 Å². The molecule has 0 bridgehead atoms. The van der Waals surface area contributed by atoms with Gasteiger partial charge in [-0.3, -0.25) is 4.68 Å². The van der Waals surface area contributed by atoms with E-state index in [-0.39, 0.29) is 0 Å². The van der Waals surface area contributed by atoms with E-state index in [1.165, 1.54) is 25.7 Å². The summed E-state index contributed by atoms with van der Waals surface area (Å²) in [5.74, 6) is 0.732. The van der Waals surface area contributed by atoms with E-state index in [1.54, 1.807) is 6.33 Å². The molecule has 1 aromatic rings. The predicted molar refractivity (Wildman–Crippen MR) is 52.1 cm³/mol. The fourth-order valence-electron chi connectivity index (χ4n) is 1.24. The summed E-state index contributed by atoms with van der Waals surface area (Å²) in [5.41, 5.74) is 5.40. The Morgan fingerprint density at radius 2 is 2.23 bits per heavy atom. The van der Waals surface area contributed by atoms with Crippen LogP contribution >= 0.6 is 0 Å². The van der Waals surface area contributed by atoms with Crippen LogP contribution in [0.5, 0.6) is 0 Å². The second-order valence-electron chi connectivity index (χ2n) is 3.19. The summed E-state index contributed by atoms with van der Waals surface area (Å²) in [6.45, 7) is 3.61. The highest BCUT2D eigenvalue weighted by molar-refractivity contribution is 4.78. The first-order chi connectivity index (χ1) is 6.36. The molecular formula is C9H18N4. The molecule has 0 amide bonds. The minimum atomic E-state index is 0.432. The maximum absolute atomic E-state index is 5.40. The standard InChI is InChI=1S/C9H18N4/c1-2-3-4-5-6-13-8-11-9(7-10)12-13/h8H,2-7,10H2,1H3. The number of nitrogens with two attached hydrogens (primary N) is 1. The molecule has 0 aliphatic heterocycles. The van der Waals surface area contributed by atoms with Crippen molar-refractivity contribution >= 4 is 0 Å². The molecule has 0 saturated carbocycles. The van der Waals surface area contributed by atoms with Crippen LogP contribution < -0.4 is 5.73 Å². The summed E-state index contributed by atoms with van der Waals surface area (Å²) < 4.78 is 1.87. The summed E-state index contributed by atoms with van der Waals surface area (Å²) in [4.78, 5) is 4.06. The van der Waals surface area contributed by atoms with Gasteiger partial charge in [-0.05, 0) is 6.42 Å². The van der Waals surface area contributed by atoms with E-state index in [0.29, 0.717) is 6.54 Å². The van der Waals surface area contributed by atoms with Crippen LogP contribution in [-0.2, 0) is 13.1 Å². The number of nitrogens with zero attached hydrogens (tertiary/aromatic N) is 3. The minimum Gasteiger partial charge on any atom is -0.324 e. The molecule has 13 heavy (non-hydrogen) atoms. The van der Waals surface area contributed by atoms with Gasteiger partial charge in [-0.2, -0.15) is 5.10 Å². The molecule has 0 aliphatic rings. The molecule has 0 radical (unpaired) electrons. The zero-order valence-electron chi connectivity index (χ0n) is 8.24. The average Bonchev–Trinajstić information content (AvgIpc) is 2.60. The zero-order valence-corrected chi connectivity index (χ0v) is 8.24. The Kier molecular flexibility index (Phi) is 4.46. The third-order valence-corrected chi connectivity index (χ3v) is 2.01. The molecule has 1 aromatic heterocycles. The molecule has 74 valence electrons. The van der Waals surface area contributed by atoms with E-state index in [9.17, 15) is 0 Å². The topological polar surface area (TPSA) is 56.7 Å². The fourth-order valence-corrected chi connectivity index (χ4v) is 1.24. The number of aromatic nitrogens is 3. The van der Waals surface area contributed by atoms with Crippen molar-refractivity contribution in [3.8, 4) is 0 Å². The molecule has 1 heterocycles. The van der Waals surface area contributed by atoms with Crippen molar-refractivity contribution in [1.82, 2.24) is 14.8 Å². The monoisotopic (exact) mass is 182 g/mol. The summed E-state index contributed by atoms with van der Waals surface area (Å²) in [7, 11) is 0. The summed E-state index contributed by atoms with van der Waals surface area (Å²) in [5, 5.41) is 4.21. The molecule has 2 N–H and O–H groups in total. The van der Waals surface area contributed by atoms with Gasteiger partial charge in [-0.1, -0.05) is 26.2 Å². The van der Waals surface area contributed by atoms with Gasteiger partial charge in [0.1, 0.15) is 6.33 Å². The van der Waals surface area contributed by atoms with E-state index in [0.717, 1.165) is 12.4 Å². The lowest BCUT2D eigenvalue weighted by atomic mass is 10.2. The fraction of sp³-hybridized carbons (Fsp3) is 0.778. The maximum Gasteiger partial charge on any atom is 0.164 e. The van der Waals surface area contributed by atoms with Gasteiger partial charge in [0.25, 0.3) is 0 Å². The molecule has 4 nitrogen and oxygen atoms in total. The Labute approximate surface area is 79.2 Å². The lowest BCUT2D eigenvalue weighted by Gasteiger charge is -1.98. The molecule has 1 rings (SSSR count). The Bertz CT molecular complexity index is 231. The van der Waals surface area contributed by atoms with Crippen molar-refractivity contribution in [2.45, 2.75) is 45.7 Å². The van der Waals surface area contributed by atoms with Gasteiger partial charge < -0.3 is 5.73 Å². The van der Waals surface area contributed by atoms with Gasteiger partial charge in [0, 0.05) is 6.54 Å². The molecule has 0 saturated heterocycles. The van der Waals surface area contributed by atoms with Crippen LogP contribution in [0.1, 0.15) is 38.4 Å². The van der Waals surface area contributed by atoms with Crippen molar-refractivity contribution in [3.63, 3.8) is 0 Å². The number of hydrogen-bond acceptors (Lipinski definition) is 3. The Balaban J connectivity index is 2.20. The SMILES string of the molecule is CCCCCCn1cnc(CN)n1. The summed E-state index contributed by atoms with van der Waals surface area (Å²) >= 11 is 0. The minimum absolute atomic E-state index is 0.432. The highest BCUT2D eigenvalue weighted by atomic mass is 15.3. The number of aryl methyl sites for hydroxylation is 1. The predicted octanol–water partition coefficient (Wildman–Crippen LogP) is 1.32. The van der Waals surface area contributed by atoms with Gasteiger partial charge >= 0.3 is 0 Å². The molecule has 0 aliphatic carbocycles. The van der Waals surface area contributed by atoms with Crippen molar-refractivity contribution in [1.29, 1.82) is 0 Å². The second-order valence-corrected chi connectivity index (χ2v) is 3.19. The Morgan fingerprint density at radius 3 is 2.85 bits per heavy atom. The first kappa shape index (κ1) is 10.2. The normalized spacial score (nSPS) is 10.6. The first-order valence-electron chi connectivity index (χ1n) is 4.95. The van der Waals surface area contributed by atoms with E-state index in [2.05, 4.69) is 17.0 Å². The van der Waals surface area contributed by atoms with E-state index < -0.39 is 0 Å². The van der Waals surface area contributed by atoms with Crippen LogP contribution in [0, 0.1) is 0 Å². The first-order valence-corrected chi connectivity index (χ1v) is 4.95. The van der Waals surface area contributed by atoms with Crippen molar-refractivity contribution in [3.05, 3.63) is 12.2 Å². The smallest absolute Gasteiger partial charge is 0.164 e. The van der Waals surface area contributed by atoms with Crippen molar-refractivity contribution < 1.29 is 0 Å². The van der Waals surface area contributed by atoms with E-state index in [1.807, 2.05) is 4.68 Å². The lowest BCUT2D eigenvalue weighted by Crippen LogP contribution is -2.02. The van der Waals surface area contributed by atoms with Crippen molar-refractivity contribution in [2.24, 2.45) is 5.73 Å². The molecule has 0 spiro atoms. The third kappa shape index (κ3) is 3.55. The van der Waals surface area contributed by atoms with Crippen LogP contribution in [0.25, 0.3) is 0 Å². The molecule has 4 heteroatoms. The molecule has 0 unspecified atom stereocenters. The summed E-state index contributed by atoms with van der Waals surface area (Å²) in [6, 6.07) is 0. The highest BCUT2D eigenvalue weighted by Gasteiger charge is 1.96. The number of hydrogen-bond donors (Lipinski definition) is 1. The largest absolute Gasteiger partial charge is 0.324 e.